The van der Waals surface area contributed by atoms with Gasteiger partial charge in [-0.15, -0.1) is 0 Å². The summed E-state index contributed by atoms with van der Waals surface area (Å²) in [5.74, 6) is 0.616. The van der Waals surface area contributed by atoms with Gasteiger partial charge in [0.2, 0.25) is 0 Å². The summed E-state index contributed by atoms with van der Waals surface area (Å²) in [6.45, 7) is 4.28. The van der Waals surface area contributed by atoms with Crippen LogP contribution in [-0.2, 0) is 6.18 Å². The Balaban J connectivity index is 1.88. The Morgan fingerprint density at radius 1 is 1.33 bits per heavy atom. The van der Waals surface area contributed by atoms with Crippen LogP contribution >= 0.6 is 11.6 Å². The molecule has 1 aromatic rings. The highest BCUT2D eigenvalue weighted by molar-refractivity contribution is 6.33. The third-order valence-corrected chi connectivity index (χ3v) is 4.84. The maximum absolute atomic E-state index is 12.9. The van der Waals surface area contributed by atoms with Crippen molar-refractivity contribution in [1.82, 2.24) is 5.32 Å². The topological polar surface area (TPSA) is 15.3 Å². The van der Waals surface area contributed by atoms with Gasteiger partial charge in [-0.3, -0.25) is 0 Å². The van der Waals surface area contributed by atoms with Crippen molar-refractivity contribution in [3.8, 4) is 0 Å². The van der Waals surface area contributed by atoms with E-state index < -0.39 is 11.7 Å². The zero-order valence-electron chi connectivity index (χ0n) is 11.8. The summed E-state index contributed by atoms with van der Waals surface area (Å²) in [5.41, 5.74) is -0.191. The lowest BCUT2D eigenvalue weighted by molar-refractivity contribution is -0.137. The number of nitrogens with zero attached hydrogens (tertiary/aromatic N) is 1. The van der Waals surface area contributed by atoms with E-state index >= 15 is 0 Å². The van der Waals surface area contributed by atoms with Gasteiger partial charge in [0.1, 0.15) is 0 Å². The molecule has 1 atom stereocenters. The molecule has 2 aliphatic rings. The van der Waals surface area contributed by atoms with Gasteiger partial charge in [-0.2, -0.15) is 13.2 Å². The van der Waals surface area contributed by atoms with E-state index in [9.17, 15) is 13.2 Å². The fourth-order valence-electron chi connectivity index (χ4n) is 3.14. The van der Waals surface area contributed by atoms with Gasteiger partial charge in [-0.25, -0.2) is 0 Å². The van der Waals surface area contributed by atoms with E-state index in [1.807, 2.05) is 4.90 Å². The lowest BCUT2D eigenvalue weighted by atomic mass is 9.92. The molecule has 3 rings (SSSR count). The number of rotatable bonds is 2. The first-order valence-corrected chi connectivity index (χ1v) is 7.54. The number of benzene rings is 1. The van der Waals surface area contributed by atoms with Crippen molar-refractivity contribution in [3.63, 3.8) is 0 Å². The van der Waals surface area contributed by atoms with Crippen LogP contribution in [0.3, 0.4) is 0 Å². The van der Waals surface area contributed by atoms with Crippen molar-refractivity contribution in [2.75, 3.05) is 24.5 Å². The molecule has 0 amide bonds. The molecule has 1 aromatic carbocycles. The van der Waals surface area contributed by atoms with Gasteiger partial charge in [0.25, 0.3) is 0 Å². The molecule has 0 spiro atoms. The third kappa shape index (κ3) is 2.99. The predicted octanol–water partition coefficient (Wildman–Crippen LogP) is 3.94. The average Bonchev–Trinajstić information content (AvgIpc) is 3.22. The molecular weight excluding hydrogens is 301 g/mol. The summed E-state index contributed by atoms with van der Waals surface area (Å²) >= 11 is 6.14. The molecule has 0 radical (unpaired) electrons. The van der Waals surface area contributed by atoms with Crippen LogP contribution in [0.1, 0.15) is 25.3 Å². The zero-order valence-corrected chi connectivity index (χ0v) is 12.6. The van der Waals surface area contributed by atoms with Crippen LogP contribution < -0.4 is 10.2 Å². The largest absolute Gasteiger partial charge is 0.416 e. The second kappa shape index (κ2) is 5.06. The van der Waals surface area contributed by atoms with Crippen LogP contribution in [0.2, 0.25) is 5.02 Å². The van der Waals surface area contributed by atoms with E-state index in [1.165, 1.54) is 25.0 Å². The number of alkyl halides is 3. The van der Waals surface area contributed by atoms with Gasteiger partial charge in [-0.1, -0.05) is 11.6 Å². The third-order valence-electron chi connectivity index (χ3n) is 4.52. The molecule has 0 aromatic heterocycles. The quantitative estimate of drug-likeness (QED) is 0.888. The van der Waals surface area contributed by atoms with Gasteiger partial charge in [0.05, 0.1) is 16.3 Å². The monoisotopic (exact) mass is 318 g/mol. The summed E-state index contributed by atoms with van der Waals surface area (Å²) in [6.07, 6.45) is -1.96. The highest BCUT2D eigenvalue weighted by Crippen LogP contribution is 2.42. The summed E-state index contributed by atoms with van der Waals surface area (Å²) in [7, 11) is 0. The van der Waals surface area contributed by atoms with Gasteiger partial charge in [0, 0.05) is 25.2 Å². The molecule has 2 fully saturated rings. The highest BCUT2D eigenvalue weighted by atomic mass is 35.5. The minimum absolute atomic E-state index is 0.0319. The second-order valence-corrected chi connectivity index (χ2v) is 6.61. The molecule has 1 unspecified atom stereocenters. The van der Waals surface area contributed by atoms with Crippen molar-refractivity contribution in [3.05, 3.63) is 28.8 Å². The number of nitrogens with one attached hydrogen (secondary N) is 1. The first-order valence-electron chi connectivity index (χ1n) is 7.16. The van der Waals surface area contributed by atoms with Gasteiger partial charge in [0.15, 0.2) is 0 Å². The summed E-state index contributed by atoms with van der Waals surface area (Å²) < 4.78 is 38.6. The molecule has 116 valence electrons. The normalized spacial score (nSPS) is 27.0. The molecule has 1 aliphatic heterocycles. The summed E-state index contributed by atoms with van der Waals surface area (Å²) in [6, 6.07) is 3.55. The Labute approximate surface area is 127 Å². The molecule has 2 nitrogen and oxygen atoms in total. The SMILES string of the molecule is CC1(C2CC2)CN(c2cc(C(F)(F)F)ccc2Cl)CCN1. The fourth-order valence-corrected chi connectivity index (χ4v) is 3.38. The van der Waals surface area contributed by atoms with Crippen LogP contribution in [-0.4, -0.2) is 25.2 Å². The second-order valence-electron chi connectivity index (χ2n) is 6.20. The smallest absolute Gasteiger partial charge is 0.367 e. The van der Waals surface area contributed by atoms with Crippen molar-refractivity contribution in [1.29, 1.82) is 0 Å². The maximum Gasteiger partial charge on any atom is 0.416 e. The van der Waals surface area contributed by atoms with Gasteiger partial charge in [-0.05, 0) is 43.9 Å². The molecular formula is C15H18ClF3N2. The van der Waals surface area contributed by atoms with E-state index in [2.05, 4.69) is 12.2 Å². The van der Waals surface area contributed by atoms with Gasteiger partial charge >= 0.3 is 6.18 Å². The predicted molar refractivity (Wildman–Crippen MR) is 77.8 cm³/mol. The van der Waals surface area contributed by atoms with Crippen molar-refractivity contribution in [2.24, 2.45) is 5.92 Å². The standard InChI is InChI=1S/C15H18ClF3N2/c1-14(10-2-3-10)9-21(7-6-20-14)13-8-11(15(17,18)19)4-5-12(13)16/h4-5,8,10,20H,2-3,6-7,9H2,1H3. The minimum Gasteiger partial charge on any atom is -0.367 e. The number of hydrogen-bond donors (Lipinski definition) is 1. The molecule has 6 heteroatoms. The van der Waals surface area contributed by atoms with Crippen LogP contribution in [0.25, 0.3) is 0 Å². The molecule has 1 N–H and O–H groups in total. The van der Waals surface area contributed by atoms with Crippen molar-refractivity contribution in [2.45, 2.75) is 31.5 Å². The zero-order chi connectivity index (χ0) is 15.3. The molecule has 21 heavy (non-hydrogen) atoms. The highest BCUT2D eigenvalue weighted by Gasteiger charge is 2.44. The first-order chi connectivity index (χ1) is 9.79. The lowest BCUT2D eigenvalue weighted by Gasteiger charge is -2.43. The maximum atomic E-state index is 12.9. The Hall–Kier alpha value is -0.940. The van der Waals surface area contributed by atoms with E-state index in [-0.39, 0.29) is 5.54 Å². The number of halogens is 4. The number of anilines is 1. The minimum atomic E-state index is -4.34. The Morgan fingerprint density at radius 3 is 2.67 bits per heavy atom. The fraction of sp³-hybridized carbons (Fsp3) is 0.600. The lowest BCUT2D eigenvalue weighted by Crippen LogP contribution is -2.60. The first kappa shape index (κ1) is 15.0. The van der Waals surface area contributed by atoms with Crippen LogP contribution in [0.15, 0.2) is 18.2 Å². The van der Waals surface area contributed by atoms with Crippen LogP contribution in [0.4, 0.5) is 18.9 Å². The summed E-state index contributed by atoms with van der Waals surface area (Å²) in [5, 5.41) is 3.89. The average molecular weight is 319 g/mol. The van der Waals surface area contributed by atoms with Gasteiger partial charge < -0.3 is 10.2 Å². The van der Waals surface area contributed by atoms with E-state index in [0.29, 0.717) is 29.7 Å². The molecule has 1 saturated heterocycles. The molecule has 1 saturated carbocycles. The summed E-state index contributed by atoms with van der Waals surface area (Å²) in [4.78, 5) is 1.98. The molecule has 1 aliphatic carbocycles. The molecule has 1 heterocycles. The number of hydrogen-bond acceptors (Lipinski definition) is 2. The van der Waals surface area contributed by atoms with Crippen molar-refractivity contribution >= 4 is 17.3 Å². The van der Waals surface area contributed by atoms with E-state index in [4.69, 9.17) is 11.6 Å². The Kier molecular flexibility index (Phi) is 3.61. The van der Waals surface area contributed by atoms with Crippen LogP contribution in [0, 0.1) is 5.92 Å². The van der Waals surface area contributed by atoms with Crippen LogP contribution in [0.5, 0.6) is 0 Å². The van der Waals surface area contributed by atoms with E-state index in [0.717, 1.165) is 12.6 Å². The Morgan fingerprint density at radius 2 is 2.05 bits per heavy atom. The molecule has 0 bridgehead atoms. The Bertz CT molecular complexity index is 542. The van der Waals surface area contributed by atoms with E-state index in [1.54, 1.807) is 0 Å². The number of piperazine rings is 1. The van der Waals surface area contributed by atoms with Crippen molar-refractivity contribution < 1.29 is 13.2 Å².